The van der Waals surface area contributed by atoms with Gasteiger partial charge in [0.1, 0.15) is 0 Å². The summed E-state index contributed by atoms with van der Waals surface area (Å²) in [4.78, 5) is 10.5. The maximum absolute atomic E-state index is 5.33. The third kappa shape index (κ3) is 5.90. The Morgan fingerprint density at radius 1 is 0.679 bits per heavy atom. The van der Waals surface area contributed by atoms with E-state index in [1.807, 2.05) is 0 Å². The minimum Gasteiger partial charge on any atom is -0.301 e. The van der Waals surface area contributed by atoms with Crippen LogP contribution >= 0.6 is 0 Å². The van der Waals surface area contributed by atoms with Crippen molar-refractivity contribution in [3.8, 4) is 0 Å². The van der Waals surface area contributed by atoms with Crippen molar-refractivity contribution in [2.24, 2.45) is 21.3 Å². The average molecular weight is 388 g/mol. The van der Waals surface area contributed by atoms with E-state index in [0.29, 0.717) is 29.6 Å². The number of hydrogen-bond donors (Lipinski definition) is 1. The fraction of sp³-hybridized carbons (Fsp3) is 0.920. The molecule has 3 heteroatoms. The molecule has 1 N–H and O–H groups in total. The molecule has 1 aliphatic heterocycles. The number of hydrogen-bond acceptors (Lipinski definition) is 3. The zero-order valence-corrected chi connectivity index (χ0v) is 19.3. The highest BCUT2D eigenvalue weighted by molar-refractivity contribution is 5.91. The summed E-state index contributed by atoms with van der Waals surface area (Å²) in [6, 6.07) is 2.00. The highest BCUT2D eigenvalue weighted by atomic mass is 15.0. The van der Waals surface area contributed by atoms with E-state index < -0.39 is 0 Å². The number of piperidine rings is 1. The number of aliphatic imine (C=N–C) groups is 2. The van der Waals surface area contributed by atoms with Crippen LogP contribution in [0.15, 0.2) is 9.98 Å². The van der Waals surface area contributed by atoms with Crippen LogP contribution in [-0.4, -0.2) is 35.6 Å². The summed E-state index contributed by atoms with van der Waals surface area (Å²) in [6.07, 6.45) is 15.8. The van der Waals surface area contributed by atoms with Crippen LogP contribution in [0.25, 0.3) is 0 Å². The molecular weight excluding hydrogens is 342 g/mol. The van der Waals surface area contributed by atoms with Gasteiger partial charge in [-0.2, -0.15) is 0 Å². The molecule has 3 rings (SSSR count). The van der Waals surface area contributed by atoms with E-state index in [-0.39, 0.29) is 0 Å². The zero-order valence-electron chi connectivity index (χ0n) is 19.3. The van der Waals surface area contributed by atoms with Crippen LogP contribution in [0.1, 0.15) is 112 Å². The minimum atomic E-state index is 0.362. The van der Waals surface area contributed by atoms with E-state index in [9.17, 15) is 0 Å². The van der Waals surface area contributed by atoms with Gasteiger partial charge in [0.15, 0.2) is 0 Å². The highest BCUT2D eigenvalue weighted by Gasteiger charge is 2.34. The van der Waals surface area contributed by atoms with Crippen molar-refractivity contribution in [2.75, 3.05) is 0 Å². The SMILES string of the molecule is CC(=NC1CCCCC1)C1CCCC(C(C)=NC2CCCCC2C(C)(C)C)N1. The molecule has 3 aliphatic rings. The predicted molar refractivity (Wildman–Crippen MR) is 123 cm³/mol. The molecule has 4 atom stereocenters. The smallest absolute Gasteiger partial charge is 0.0532 e. The molecule has 160 valence electrons. The third-order valence-electron chi connectivity index (χ3n) is 7.57. The van der Waals surface area contributed by atoms with E-state index in [0.717, 1.165) is 5.92 Å². The lowest BCUT2D eigenvalue weighted by molar-refractivity contribution is 0.154. The molecule has 1 saturated heterocycles. The molecule has 28 heavy (non-hydrogen) atoms. The second-order valence-electron chi connectivity index (χ2n) is 10.9. The molecule has 0 aromatic rings. The standard InChI is InChI=1S/C25H45N3/c1-18(26-20-12-7-6-8-13-20)22-16-11-17-23(28-22)19(2)27-24-15-10-9-14-21(24)25(3,4)5/h20-24,28H,6-17H2,1-5H3. The molecule has 4 unspecified atom stereocenters. The molecule has 3 nitrogen and oxygen atoms in total. The maximum atomic E-state index is 5.33. The zero-order chi connectivity index (χ0) is 20.1. The summed E-state index contributed by atoms with van der Waals surface area (Å²) >= 11 is 0. The molecule has 2 aliphatic carbocycles. The van der Waals surface area contributed by atoms with Crippen LogP contribution in [0.5, 0.6) is 0 Å². The first kappa shape index (κ1) is 22.0. The van der Waals surface area contributed by atoms with Gasteiger partial charge in [0.05, 0.1) is 6.04 Å². The Bertz CT molecular complexity index is 551. The Hall–Kier alpha value is -0.700. The molecular formula is C25H45N3. The molecule has 0 aromatic carbocycles. The van der Waals surface area contributed by atoms with Crippen molar-refractivity contribution in [3.05, 3.63) is 0 Å². The van der Waals surface area contributed by atoms with Crippen molar-refractivity contribution < 1.29 is 0 Å². The number of nitrogens with one attached hydrogen (secondary N) is 1. The van der Waals surface area contributed by atoms with Gasteiger partial charge < -0.3 is 5.32 Å². The summed E-state index contributed by atoms with van der Waals surface area (Å²) in [5.74, 6) is 0.727. The van der Waals surface area contributed by atoms with Gasteiger partial charge in [-0.05, 0) is 70.1 Å². The van der Waals surface area contributed by atoms with Gasteiger partial charge in [0, 0.05) is 29.5 Å². The van der Waals surface area contributed by atoms with Gasteiger partial charge in [-0.15, -0.1) is 0 Å². The lowest BCUT2D eigenvalue weighted by atomic mass is 9.69. The fourth-order valence-corrected chi connectivity index (χ4v) is 5.81. The van der Waals surface area contributed by atoms with Crippen LogP contribution in [0, 0.1) is 11.3 Å². The van der Waals surface area contributed by atoms with E-state index >= 15 is 0 Å². The lowest BCUT2D eigenvalue weighted by Crippen LogP contribution is -2.49. The molecule has 0 aromatic heterocycles. The van der Waals surface area contributed by atoms with Gasteiger partial charge in [-0.25, -0.2) is 0 Å². The summed E-state index contributed by atoms with van der Waals surface area (Å²) in [5.41, 5.74) is 3.05. The Morgan fingerprint density at radius 2 is 1.25 bits per heavy atom. The first-order valence-corrected chi connectivity index (χ1v) is 12.2. The molecule has 0 spiro atoms. The summed E-state index contributed by atoms with van der Waals surface area (Å²) in [6.45, 7) is 11.8. The van der Waals surface area contributed by atoms with Gasteiger partial charge in [0.25, 0.3) is 0 Å². The summed E-state index contributed by atoms with van der Waals surface area (Å²) in [5, 5.41) is 3.92. The predicted octanol–water partition coefficient (Wildman–Crippen LogP) is 6.36. The van der Waals surface area contributed by atoms with Crippen LogP contribution in [0.3, 0.4) is 0 Å². The molecule has 0 amide bonds. The van der Waals surface area contributed by atoms with Gasteiger partial charge in [0.2, 0.25) is 0 Å². The second-order valence-corrected chi connectivity index (χ2v) is 10.9. The molecule has 3 fully saturated rings. The quantitative estimate of drug-likeness (QED) is 0.560. The van der Waals surface area contributed by atoms with Crippen LogP contribution in [0.4, 0.5) is 0 Å². The van der Waals surface area contributed by atoms with Crippen LogP contribution in [0.2, 0.25) is 0 Å². The van der Waals surface area contributed by atoms with E-state index in [1.54, 1.807) is 0 Å². The van der Waals surface area contributed by atoms with E-state index in [2.05, 4.69) is 39.9 Å². The highest BCUT2D eigenvalue weighted by Crippen LogP contribution is 2.39. The largest absolute Gasteiger partial charge is 0.301 e. The van der Waals surface area contributed by atoms with Crippen LogP contribution < -0.4 is 5.32 Å². The van der Waals surface area contributed by atoms with E-state index in [4.69, 9.17) is 9.98 Å². The van der Waals surface area contributed by atoms with Crippen molar-refractivity contribution in [1.29, 1.82) is 0 Å². The summed E-state index contributed by atoms with van der Waals surface area (Å²) in [7, 11) is 0. The van der Waals surface area contributed by atoms with Crippen molar-refractivity contribution in [2.45, 2.75) is 136 Å². The third-order valence-corrected chi connectivity index (χ3v) is 7.57. The van der Waals surface area contributed by atoms with Crippen molar-refractivity contribution >= 4 is 11.4 Å². The lowest BCUT2D eigenvalue weighted by Gasteiger charge is -2.39. The average Bonchev–Trinajstić information content (AvgIpc) is 2.68. The van der Waals surface area contributed by atoms with E-state index in [1.165, 1.54) is 88.5 Å². The Morgan fingerprint density at radius 3 is 1.89 bits per heavy atom. The molecule has 1 heterocycles. The van der Waals surface area contributed by atoms with Gasteiger partial charge in [-0.1, -0.05) is 52.9 Å². The Kier molecular flexibility index (Phi) is 7.75. The molecule has 2 saturated carbocycles. The van der Waals surface area contributed by atoms with Gasteiger partial charge >= 0.3 is 0 Å². The number of nitrogens with zero attached hydrogens (tertiary/aromatic N) is 2. The molecule has 0 radical (unpaired) electrons. The maximum Gasteiger partial charge on any atom is 0.0532 e. The normalized spacial score (nSPS) is 34.5. The Balaban J connectivity index is 1.63. The Labute approximate surface area is 174 Å². The number of rotatable bonds is 4. The van der Waals surface area contributed by atoms with Crippen molar-refractivity contribution in [3.63, 3.8) is 0 Å². The monoisotopic (exact) mass is 387 g/mol. The van der Waals surface area contributed by atoms with Crippen LogP contribution in [-0.2, 0) is 0 Å². The topological polar surface area (TPSA) is 36.8 Å². The summed E-state index contributed by atoms with van der Waals surface area (Å²) < 4.78 is 0. The van der Waals surface area contributed by atoms with Gasteiger partial charge in [-0.3, -0.25) is 9.98 Å². The second kappa shape index (κ2) is 9.87. The first-order valence-electron chi connectivity index (χ1n) is 12.2. The molecule has 0 bridgehead atoms. The van der Waals surface area contributed by atoms with Crippen molar-refractivity contribution in [1.82, 2.24) is 5.32 Å². The fourth-order valence-electron chi connectivity index (χ4n) is 5.81. The first-order chi connectivity index (χ1) is 13.3. The minimum absolute atomic E-state index is 0.362.